The molecule has 3 rings (SSSR count). The normalized spacial score (nSPS) is 17.9. The van der Waals surface area contributed by atoms with Crippen LogP contribution in [0.3, 0.4) is 0 Å². The van der Waals surface area contributed by atoms with Gasteiger partial charge in [0.05, 0.1) is 12.0 Å². The minimum atomic E-state index is -0.840. The molecule has 1 aliphatic rings. The van der Waals surface area contributed by atoms with Crippen LogP contribution in [0.2, 0.25) is 0 Å². The van der Waals surface area contributed by atoms with E-state index in [2.05, 4.69) is 4.98 Å². The molecule has 19 heavy (non-hydrogen) atoms. The molecule has 1 N–H and O–H groups in total. The summed E-state index contributed by atoms with van der Waals surface area (Å²) in [6.07, 6.45) is 3.44. The van der Waals surface area contributed by atoms with Gasteiger partial charge >= 0.3 is 0 Å². The summed E-state index contributed by atoms with van der Waals surface area (Å²) < 4.78 is 1.87. The van der Waals surface area contributed by atoms with Crippen LogP contribution in [0.5, 0.6) is 0 Å². The number of rotatable bonds is 3. The smallest absolute Gasteiger partial charge is 0.256 e. The Labute approximate surface area is 111 Å². The average molecular weight is 257 g/mol. The molecule has 2 aromatic rings. The molecule has 1 unspecified atom stereocenters. The molecule has 1 atom stereocenters. The van der Waals surface area contributed by atoms with Crippen molar-refractivity contribution in [3.63, 3.8) is 0 Å². The lowest BCUT2D eigenvalue weighted by Gasteiger charge is -2.20. The molecule has 0 spiro atoms. The van der Waals surface area contributed by atoms with E-state index >= 15 is 0 Å². The molecule has 1 aliphatic heterocycles. The van der Waals surface area contributed by atoms with Crippen LogP contribution >= 0.6 is 0 Å². The van der Waals surface area contributed by atoms with E-state index in [-0.39, 0.29) is 5.91 Å². The Morgan fingerprint density at radius 3 is 2.84 bits per heavy atom. The summed E-state index contributed by atoms with van der Waals surface area (Å²) in [4.78, 5) is 17.9. The minimum absolute atomic E-state index is 0.112. The quantitative estimate of drug-likeness (QED) is 0.896. The molecule has 0 bridgehead atoms. The second-order valence-corrected chi connectivity index (χ2v) is 4.74. The molecule has 0 radical (unpaired) electrons. The minimum Gasteiger partial charge on any atom is -0.369 e. The van der Waals surface area contributed by atoms with Crippen molar-refractivity contribution in [2.75, 3.05) is 6.54 Å². The van der Waals surface area contributed by atoms with Crippen LogP contribution < -0.4 is 0 Å². The molecule has 98 valence electrons. The summed E-state index contributed by atoms with van der Waals surface area (Å²) >= 11 is 0. The molecule has 1 amide bonds. The van der Waals surface area contributed by atoms with Gasteiger partial charge in [0.15, 0.2) is 6.23 Å². The number of aromatic nitrogens is 2. The Kier molecular flexibility index (Phi) is 2.83. The number of imidazole rings is 1. The van der Waals surface area contributed by atoms with Gasteiger partial charge in [0.1, 0.15) is 0 Å². The number of benzene rings is 1. The lowest BCUT2D eigenvalue weighted by atomic mass is 10.1. The van der Waals surface area contributed by atoms with Crippen molar-refractivity contribution >= 4 is 5.91 Å². The van der Waals surface area contributed by atoms with Crippen molar-refractivity contribution in [3.05, 3.63) is 53.6 Å². The summed E-state index contributed by atoms with van der Waals surface area (Å²) in [7, 11) is 1.90. The van der Waals surface area contributed by atoms with E-state index in [4.69, 9.17) is 0 Å². The molecular weight excluding hydrogens is 242 g/mol. The van der Waals surface area contributed by atoms with Gasteiger partial charge in [-0.05, 0) is 6.07 Å². The number of carbonyl (C=O) groups is 1. The second-order valence-electron chi connectivity index (χ2n) is 4.74. The van der Waals surface area contributed by atoms with Crippen molar-refractivity contribution in [3.8, 4) is 0 Å². The first-order chi connectivity index (χ1) is 9.16. The van der Waals surface area contributed by atoms with Crippen LogP contribution in [0.1, 0.15) is 27.8 Å². The Hall–Kier alpha value is -2.14. The van der Waals surface area contributed by atoms with E-state index in [0.717, 1.165) is 5.69 Å². The van der Waals surface area contributed by atoms with Gasteiger partial charge in [0.2, 0.25) is 0 Å². The SMILES string of the molecule is Cn1cnc(CCN2C(=O)c3ccccc3C2O)c1. The summed E-state index contributed by atoms with van der Waals surface area (Å²) in [6, 6.07) is 7.18. The fourth-order valence-corrected chi connectivity index (χ4v) is 2.41. The van der Waals surface area contributed by atoms with Crippen molar-refractivity contribution in [1.82, 2.24) is 14.5 Å². The molecule has 1 aromatic carbocycles. The highest BCUT2D eigenvalue weighted by Gasteiger charge is 2.34. The van der Waals surface area contributed by atoms with Gasteiger partial charge in [-0.2, -0.15) is 0 Å². The van der Waals surface area contributed by atoms with Crippen LogP contribution in [0.25, 0.3) is 0 Å². The van der Waals surface area contributed by atoms with E-state index < -0.39 is 6.23 Å². The topological polar surface area (TPSA) is 58.4 Å². The number of carbonyl (C=O) groups excluding carboxylic acids is 1. The summed E-state index contributed by atoms with van der Waals surface area (Å²) in [6.45, 7) is 0.464. The van der Waals surface area contributed by atoms with Crippen LogP contribution in [0.4, 0.5) is 0 Å². The summed E-state index contributed by atoms with van der Waals surface area (Å²) in [5.41, 5.74) is 2.20. The number of fused-ring (bicyclic) bond motifs is 1. The van der Waals surface area contributed by atoms with Gasteiger partial charge in [-0.25, -0.2) is 4.98 Å². The summed E-state index contributed by atoms with van der Waals surface area (Å²) in [5.74, 6) is -0.112. The van der Waals surface area contributed by atoms with Crippen LogP contribution in [0.15, 0.2) is 36.8 Å². The predicted octanol–water partition coefficient (Wildman–Crippen LogP) is 1.11. The van der Waals surface area contributed by atoms with Crippen molar-refractivity contribution < 1.29 is 9.90 Å². The lowest BCUT2D eigenvalue weighted by molar-refractivity contribution is 0.0181. The lowest BCUT2D eigenvalue weighted by Crippen LogP contribution is -2.30. The first-order valence-corrected chi connectivity index (χ1v) is 6.21. The van der Waals surface area contributed by atoms with Crippen molar-refractivity contribution in [2.24, 2.45) is 7.05 Å². The molecule has 5 nitrogen and oxygen atoms in total. The Bertz CT molecular complexity index is 621. The standard InChI is InChI=1S/C14H15N3O2/c1-16-8-10(15-9-16)6-7-17-13(18)11-4-2-3-5-12(11)14(17)19/h2-5,8-9,13,18H,6-7H2,1H3. The second kappa shape index (κ2) is 4.51. The number of aliphatic hydroxyl groups excluding tert-OH is 1. The summed E-state index contributed by atoms with van der Waals surface area (Å²) in [5, 5.41) is 10.2. The molecule has 0 saturated carbocycles. The number of aryl methyl sites for hydroxylation is 1. The maximum atomic E-state index is 12.2. The number of nitrogens with zero attached hydrogens (tertiary/aromatic N) is 3. The van der Waals surface area contributed by atoms with Crippen molar-refractivity contribution in [2.45, 2.75) is 12.6 Å². The third-order valence-corrected chi connectivity index (χ3v) is 3.39. The number of amides is 1. The Morgan fingerprint density at radius 1 is 1.37 bits per heavy atom. The van der Waals surface area contributed by atoms with E-state index in [9.17, 15) is 9.90 Å². The highest BCUT2D eigenvalue weighted by atomic mass is 16.3. The van der Waals surface area contributed by atoms with Gasteiger partial charge in [0, 0.05) is 37.3 Å². The van der Waals surface area contributed by atoms with Gasteiger partial charge in [-0.3, -0.25) is 4.79 Å². The fraction of sp³-hybridized carbons (Fsp3) is 0.286. The van der Waals surface area contributed by atoms with Crippen LogP contribution in [0, 0.1) is 0 Å². The van der Waals surface area contributed by atoms with Crippen LogP contribution in [-0.2, 0) is 13.5 Å². The molecule has 0 fully saturated rings. The Morgan fingerprint density at radius 2 is 2.16 bits per heavy atom. The van der Waals surface area contributed by atoms with Crippen molar-refractivity contribution in [1.29, 1.82) is 0 Å². The van der Waals surface area contributed by atoms with Gasteiger partial charge < -0.3 is 14.6 Å². The number of aliphatic hydroxyl groups is 1. The third kappa shape index (κ3) is 2.02. The zero-order valence-corrected chi connectivity index (χ0v) is 10.7. The number of hydrogen-bond acceptors (Lipinski definition) is 3. The highest BCUT2D eigenvalue weighted by molar-refractivity contribution is 5.98. The van der Waals surface area contributed by atoms with E-state index in [1.165, 1.54) is 4.90 Å². The molecule has 0 saturated heterocycles. The maximum Gasteiger partial charge on any atom is 0.256 e. The molecule has 0 aliphatic carbocycles. The molecular formula is C14H15N3O2. The Balaban J connectivity index is 1.75. The van der Waals surface area contributed by atoms with E-state index in [0.29, 0.717) is 24.1 Å². The first-order valence-electron chi connectivity index (χ1n) is 6.21. The highest BCUT2D eigenvalue weighted by Crippen LogP contribution is 2.31. The van der Waals surface area contributed by atoms with E-state index in [1.807, 2.05) is 29.9 Å². The zero-order valence-electron chi connectivity index (χ0n) is 10.7. The van der Waals surface area contributed by atoms with Crippen LogP contribution in [-0.4, -0.2) is 32.0 Å². The van der Waals surface area contributed by atoms with Gasteiger partial charge in [-0.15, -0.1) is 0 Å². The largest absolute Gasteiger partial charge is 0.369 e. The van der Waals surface area contributed by atoms with Gasteiger partial charge in [0.25, 0.3) is 5.91 Å². The fourth-order valence-electron chi connectivity index (χ4n) is 2.41. The molecule has 1 aromatic heterocycles. The third-order valence-electron chi connectivity index (χ3n) is 3.39. The maximum absolute atomic E-state index is 12.2. The molecule has 2 heterocycles. The zero-order chi connectivity index (χ0) is 13.4. The average Bonchev–Trinajstić information content (AvgIpc) is 2.93. The first kappa shape index (κ1) is 11.9. The molecule has 5 heteroatoms. The van der Waals surface area contributed by atoms with Gasteiger partial charge in [-0.1, -0.05) is 18.2 Å². The van der Waals surface area contributed by atoms with E-state index in [1.54, 1.807) is 18.5 Å². The predicted molar refractivity (Wildman–Crippen MR) is 69.4 cm³/mol. The monoisotopic (exact) mass is 257 g/mol. The number of hydrogen-bond donors (Lipinski definition) is 1.